The van der Waals surface area contributed by atoms with Gasteiger partial charge in [0.25, 0.3) is 0 Å². The van der Waals surface area contributed by atoms with Crippen LogP contribution >= 0.6 is 0 Å². The lowest BCUT2D eigenvalue weighted by Crippen LogP contribution is -2.02. The zero-order valence-corrected chi connectivity index (χ0v) is 17.5. The average molecular weight is 458 g/mol. The molecule has 0 aromatic heterocycles. The Kier molecular flexibility index (Phi) is 7.03. The number of carbonyl (C=O) groups is 4. The van der Waals surface area contributed by atoms with Crippen molar-refractivity contribution in [2.24, 2.45) is 0 Å². The summed E-state index contributed by atoms with van der Waals surface area (Å²) in [6, 6.07) is 14.8. The van der Waals surface area contributed by atoms with E-state index in [2.05, 4.69) is 0 Å². The second-order valence-electron chi connectivity index (χ2n) is 7.24. The third kappa shape index (κ3) is 6.04. The summed E-state index contributed by atoms with van der Waals surface area (Å²) in [7, 11) is 0. The minimum Gasteiger partial charge on any atom is -0.478 e. The smallest absolute Gasteiger partial charge is 0.335 e. The molecule has 0 saturated heterocycles. The molecule has 0 heterocycles. The van der Waals surface area contributed by atoms with Gasteiger partial charge in [0.05, 0.1) is 22.3 Å². The first-order chi connectivity index (χ1) is 16.1. The van der Waals surface area contributed by atoms with Gasteiger partial charge in [0.2, 0.25) is 0 Å². The Bertz CT molecular complexity index is 1180. The average Bonchev–Trinajstić information content (AvgIpc) is 2.81. The Labute approximate surface area is 193 Å². The molecular weight excluding hydrogens is 440 g/mol. The highest BCUT2D eigenvalue weighted by Gasteiger charge is 2.11. The van der Waals surface area contributed by atoms with Crippen molar-refractivity contribution in [3.05, 3.63) is 105 Å². The fourth-order valence-corrected chi connectivity index (χ4v) is 3.09. The topological polar surface area (TPSA) is 149 Å². The molecule has 0 aliphatic carbocycles. The second kappa shape index (κ2) is 10.1. The van der Waals surface area contributed by atoms with Crippen molar-refractivity contribution in [1.82, 2.24) is 0 Å². The highest BCUT2D eigenvalue weighted by Crippen LogP contribution is 2.17. The molecule has 0 aliphatic rings. The second-order valence-corrected chi connectivity index (χ2v) is 7.24. The number of carboxylic acid groups (broad SMARTS) is 4. The molecule has 0 aliphatic heterocycles. The molecule has 8 nitrogen and oxygen atoms in total. The van der Waals surface area contributed by atoms with Crippen molar-refractivity contribution >= 4 is 48.2 Å². The Balaban J connectivity index is 1.80. The van der Waals surface area contributed by atoms with E-state index in [1.807, 2.05) is 0 Å². The van der Waals surface area contributed by atoms with Crippen LogP contribution in [0.15, 0.2) is 60.7 Å². The highest BCUT2D eigenvalue weighted by atomic mass is 16.4. The number of rotatable bonds is 8. The molecule has 0 radical (unpaired) electrons. The zero-order chi connectivity index (χ0) is 24.8. The standard InChI is InChI=1S/C26H18O8/c27-23(28)19-9-17(10-20(13-19)24(29)30)7-5-15-1-2-16(4-3-15)6-8-18-11-21(25(31)32)14-22(12-18)26(33)34/h1-14H,(H,27,28)(H,29,30)(H,31,32)(H,33,34)/b7-5+,8-6+. The van der Waals surface area contributed by atoms with Crippen LogP contribution in [-0.2, 0) is 0 Å². The Morgan fingerprint density at radius 1 is 0.412 bits per heavy atom. The van der Waals surface area contributed by atoms with Gasteiger partial charge in [-0.15, -0.1) is 0 Å². The van der Waals surface area contributed by atoms with Crippen LogP contribution in [0.4, 0.5) is 0 Å². The van der Waals surface area contributed by atoms with Crippen LogP contribution in [0.2, 0.25) is 0 Å². The summed E-state index contributed by atoms with van der Waals surface area (Å²) in [4.78, 5) is 44.9. The molecule has 0 bridgehead atoms. The van der Waals surface area contributed by atoms with Gasteiger partial charge in [-0.05, 0) is 58.7 Å². The molecule has 34 heavy (non-hydrogen) atoms. The molecule has 0 unspecified atom stereocenters. The quantitative estimate of drug-likeness (QED) is 0.351. The van der Waals surface area contributed by atoms with Gasteiger partial charge < -0.3 is 20.4 Å². The lowest BCUT2D eigenvalue weighted by Gasteiger charge is -2.02. The molecule has 3 rings (SSSR count). The van der Waals surface area contributed by atoms with Crippen molar-refractivity contribution < 1.29 is 39.6 Å². The van der Waals surface area contributed by atoms with E-state index in [4.69, 9.17) is 20.4 Å². The van der Waals surface area contributed by atoms with E-state index in [1.165, 1.54) is 24.3 Å². The maximum Gasteiger partial charge on any atom is 0.335 e. The third-order valence-electron chi connectivity index (χ3n) is 4.77. The molecule has 0 saturated carbocycles. The summed E-state index contributed by atoms with van der Waals surface area (Å²) in [5.74, 6) is -4.90. The highest BCUT2D eigenvalue weighted by molar-refractivity contribution is 5.96. The minimum absolute atomic E-state index is 0.127. The molecule has 0 amide bonds. The van der Waals surface area contributed by atoms with Crippen molar-refractivity contribution in [3.63, 3.8) is 0 Å². The fourth-order valence-electron chi connectivity index (χ4n) is 3.09. The van der Waals surface area contributed by atoms with E-state index < -0.39 is 23.9 Å². The van der Waals surface area contributed by atoms with Crippen molar-refractivity contribution in [1.29, 1.82) is 0 Å². The van der Waals surface area contributed by atoms with Crippen LogP contribution in [0.5, 0.6) is 0 Å². The molecule has 0 atom stereocenters. The third-order valence-corrected chi connectivity index (χ3v) is 4.77. The largest absolute Gasteiger partial charge is 0.478 e. The van der Waals surface area contributed by atoms with Crippen LogP contribution in [0.3, 0.4) is 0 Å². The van der Waals surface area contributed by atoms with Gasteiger partial charge >= 0.3 is 23.9 Å². The van der Waals surface area contributed by atoms with E-state index in [9.17, 15) is 19.2 Å². The zero-order valence-electron chi connectivity index (χ0n) is 17.5. The van der Waals surface area contributed by atoms with Gasteiger partial charge in [-0.2, -0.15) is 0 Å². The molecular formula is C26H18O8. The molecule has 4 N–H and O–H groups in total. The van der Waals surface area contributed by atoms with E-state index >= 15 is 0 Å². The first kappa shape index (κ1) is 23.7. The van der Waals surface area contributed by atoms with Crippen LogP contribution in [0.25, 0.3) is 24.3 Å². The van der Waals surface area contributed by atoms with Crippen LogP contribution in [0.1, 0.15) is 63.7 Å². The van der Waals surface area contributed by atoms with Gasteiger partial charge in [-0.3, -0.25) is 0 Å². The van der Waals surface area contributed by atoms with Crippen LogP contribution in [-0.4, -0.2) is 44.3 Å². The molecule has 0 fully saturated rings. The number of hydrogen-bond donors (Lipinski definition) is 4. The van der Waals surface area contributed by atoms with Gasteiger partial charge in [0.15, 0.2) is 0 Å². The van der Waals surface area contributed by atoms with Crippen LogP contribution in [0, 0.1) is 0 Å². The maximum absolute atomic E-state index is 11.2. The van der Waals surface area contributed by atoms with Gasteiger partial charge in [0.1, 0.15) is 0 Å². The van der Waals surface area contributed by atoms with Crippen LogP contribution < -0.4 is 0 Å². The van der Waals surface area contributed by atoms with Crippen molar-refractivity contribution in [2.75, 3.05) is 0 Å². The molecule has 170 valence electrons. The van der Waals surface area contributed by atoms with E-state index in [0.29, 0.717) is 11.1 Å². The minimum atomic E-state index is -1.22. The summed E-state index contributed by atoms with van der Waals surface area (Å²) in [5, 5.41) is 36.7. The Hall–Kier alpha value is -4.98. The maximum atomic E-state index is 11.2. The number of hydrogen-bond acceptors (Lipinski definition) is 4. The SMILES string of the molecule is O=C(O)c1cc(/C=C/c2ccc(/C=C/c3cc(C(=O)O)cc(C(=O)O)c3)cc2)cc(C(=O)O)c1. The molecule has 3 aromatic rings. The number of aromatic carboxylic acids is 4. The number of benzene rings is 3. The Morgan fingerprint density at radius 2 is 0.647 bits per heavy atom. The van der Waals surface area contributed by atoms with Gasteiger partial charge in [-0.1, -0.05) is 48.6 Å². The lowest BCUT2D eigenvalue weighted by atomic mass is 10.0. The Morgan fingerprint density at radius 3 is 0.882 bits per heavy atom. The first-order valence-corrected chi connectivity index (χ1v) is 9.82. The monoisotopic (exact) mass is 458 g/mol. The van der Waals surface area contributed by atoms with Crippen molar-refractivity contribution in [3.8, 4) is 0 Å². The van der Waals surface area contributed by atoms with Gasteiger partial charge in [-0.25, -0.2) is 19.2 Å². The van der Waals surface area contributed by atoms with E-state index in [1.54, 1.807) is 48.6 Å². The van der Waals surface area contributed by atoms with E-state index in [0.717, 1.165) is 23.3 Å². The fraction of sp³-hybridized carbons (Fsp3) is 0. The summed E-state index contributed by atoms with van der Waals surface area (Å²) in [6.45, 7) is 0. The molecule has 3 aromatic carbocycles. The lowest BCUT2D eigenvalue weighted by molar-refractivity contribution is 0.0676. The normalized spacial score (nSPS) is 11.1. The predicted octanol–water partition coefficient (Wildman–Crippen LogP) is 4.82. The summed E-state index contributed by atoms with van der Waals surface area (Å²) >= 11 is 0. The van der Waals surface area contributed by atoms with Crippen molar-refractivity contribution in [2.45, 2.75) is 0 Å². The number of carboxylic acids is 4. The van der Waals surface area contributed by atoms with Gasteiger partial charge in [0, 0.05) is 0 Å². The molecule has 8 heteroatoms. The van der Waals surface area contributed by atoms with E-state index in [-0.39, 0.29) is 22.3 Å². The predicted molar refractivity (Wildman–Crippen MR) is 125 cm³/mol. The summed E-state index contributed by atoms with van der Waals surface area (Å²) < 4.78 is 0. The molecule has 0 spiro atoms. The summed E-state index contributed by atoms with van der Waals surface area (Å²) in [6.07, 6.45) is 6.62. The first-order valence-electron chi connectivity index (χ1n) is 9.82. The summed E-state index contributed by atoms with van der Waals surface area (Å²) in [5.41, 5.74) is 1.89.